The molecule has 1 aromatic heterocycles. The zero-order chi connectivity index (χ0) is 25.0. The minimum Gasteiger partial charge on any atom is -0.267 e. The summed E-state index contributed by atoms with van der Waals surface area (Å²) < 4.78 is 24.1. The fourth-order valence-corrected chi connectivity index (χ4v) is 4.36. The van der Waals surface area contributed by atoms with Crippen LogP contribution in [0.3, 0.4) is 0 Å². The summed E-state index contributed by atoms with van der Waals surface area (Å²) in [5.74, 6) is -1.42. The van der Waals surface area contributed by atoms with Gasteiger partial charge in [-0.2, -0.15) is 5.10 Å². The molecule has 0 fully saturated rings. The number of rotatable bonds is 6. The van der Waals surface area contributed by atoms with E-state index >= 15 is 0 Å². The number of hydrogen-bond acceptors (Lipinski definition) is 6. The molecule has 2 N–H and O–H groups in total. The van der Waals surface area contributed by atoms with Crippen molar-refractivity contribution in [2.45, 2.75) is 12.3 Å². The number of carbonyl (C=O) groups excluding carboxylic acids is 2. The maximum atomic E-state index is 13.0. The minimum atomic E-state index is -3.20. The lowest BCUT2D eigenvalue weighted by molar-refractivity contribution is 0.0843. The molecule has 0 saturated heterocycles. The van der Waals surface area contributed by atoms with Gasteiger partial charge in [0, 0.05) is 17.2 Å². The molecule has 0 radical (unpaired) electrons. The number of amides is 2. The smallest absolute Gasteiger partial charge is 0.267 e. The number of aromatic nitrogens is 2. The van der Waals surface area contributed by atoms with Gasteiger partial charge in [0.2, 0.25) is 0 Å². The lowest BCUT2D eigenvalue weighted by atomic mass is 10.1. The van der Waals surface area contributed by atoms with E-state index in [9.17, 15) is 22.8 Å². The molecule has 0 spiro atoms. The highest BCUT2D eigenvalue weighted by Gasteiger charge is 2.18. The maximum Gasteiger partial charge on any atom is 0.290 e. The Morgan fingerprint density at radius 1 is 0.800 bits per heavy atom. The highest BCUT2D eigenvalue weighted by atomic mass is 32.2. The summed E-state index contributed by atoms with van der Waals surface area (Å²) in [6.07, 6.45) is 1.13. The summed E-state index contributed by atoms with van der Waals surface area (Å²) in [4.78, 5) is 38.4. The fourth-order valence-electron chi connectivity index (χ4n) is 3.57. The molecule has 10 heteroatoms. The molecular formula is C25H22N4O5S. The summed E-state index contributed by atoms with van der Waals surface area (Å²) in [7, 11) is -3.20. The molecule has 9 nitrogen and oxygen atoms in total. The largest absolute Gasteiger partial charge is 0.290 e. The van der Waals surface area contributed by atoms with Crippen LogP contribution in [0.5, 0.6) is 0 Å². The fraction of sp³-hybridized carbons (Fsp3) is 0.120. The molecule has 0 saturated carbocycles. The number of sulfone groups is 1. The van der Waals surface area contributed by atoms with Crippen LogP contribution in [0.1, 0.15) is 32.0 Å². The molecule has 0 unspecified atom stereocenters. The highest BCUT2D eigenvalue weighted by molar-refractivity contribution is 7.89. The number of hydrazine groups is 1. The van der Waals surface area contributed by atoms with Crippen molar-refractivity contribution in [3.8, 4) is 0 Å². The van der Waals surface area contributed by atoms with Gasteiger partial charge in [-0.05, 0) is 29.3 Å². The van der Waals surface area contributed by atoms with Crippen molar-refractivity contribution in [1.82, 2.24) is 20.6 Å². The van der Waals surface area contributed by atoms with E-state index in [0.29, 0.717) is 16.3 Å². The highest BCUT2D eigenvalue weighted by Crippen LogP contribution is 2.14. The van der Waals surface area contributed by atoms with Crippen molar-refractivity contribution >= 4 is 32.4 Å². The molecule has 4 aromatic rings. The van der Waals surface area contributed by atoms with Gasteiger partial charge >= 0.3 is 0 Å². The van der Waals surface area contributed by atoms with Gasteiger partial charge in [-0.15, -0.1) is 0 Å². The van der Waals surface area contributed by atoms with Gasteiger partial charge in [0.25, 0.3) is 17.4 Å². The van der Waals surface area contributed by atoms with E-state index in [0.717, 1.165) is 11.8 Å². The Bertz CT molecular complexity index is 1560. The van der Waals surface area contributed by atoms with E-state index in [1.807, 2.05) is 30.3 Å². The summed E-state index contributed by atoms with van der Waals surface area (Å²) in [6.45, 7) is 0.178. The van der Waals surface area contributed by atoms with Crippen molar-refractivity contribution in [2.75, 3.05) is 6.26 Å². The zero-order valence-electron chi connectivity index (χ0n) is 18.8. The molecular weight excluding hydrogens is 468 g/mol. The lowest BCUT2D eigenvalue weighted by Crippen LogP contribution is -2.42. The predicted molar refractivity (Wildman–Crippen MR) is 131 cm³/mol. The number of nitrogens with zero attached hydrogens (tertiary/aromatic N) is 2. The number of fused-ring (bicyclic) bond motifs is 1. The number of hydrogen-bond donors (Lipinski definition) is 2. The first kappa shape index (κ1) is 23.8. The standard InChI is InChI=1S/C25H22N4O5S/c1-35(33,34)16-18-11-13-19(14-12-18)23(30)26-27-24(31)22-20-9-5-6-10-21(20)25(32)29(28-22)15-17-7-3-2-4-8-17/h2-14H,15-16H2,1H3,(H,26,30)(H,27,31). The summed E-state index contributed by atoms with van der Waals surface area (Å²) in [5.41, 5.74) is 5.94. The van der Waals surface area contributed by atoms with Crippen LogP contribution < -0.4 is 16.4 Å². The van der Waals surface area contributed by atoms with Gasteiger partial charge in [-0.1, -0.05) is 60.7 Å². The Labute approximate surface area is 201 Å². The van der Waals surface area contributed by atoms with Gasteiger partial charge in [-0.25, -0.2) is 13.1 Å². The first-order valence-electron chi connectivity index (χ1n) is 10.6. The third-order valence-electron chi connectivity index (χ3n) is 5.19. The second-order valence-electron chi connectivity index (χ2n) is 8.02. The molecule has 0 atom stereocenters. The molecule has 0 aliphatic rings. The molecule has 2 amide bonds. The summed E-state index contributed by atoms with van der Waals surface area (Å²) in [6, 6.07) is 21.9. The van der Waals surface area contributed by atoms with Crippen LogP contribution in [-0.4, -0.2) is 36.3 Å². The molecule has 3 aromatic carbocycles. The van der Waals surface area contributed by atoms with E-state index < -0.39 is 21.7 Å². The van der Waals surface area contributed by atoms with E-state index in [2.05, 4.69) is 16.0 Å². The molecule has 0 aliphatic heterocycles. The van der Waals surface area contributed by atoms with E-state index in [1.54, 1.807) is 24.3 Å². The summed E-state index contributed by atoms with van der Waals surface area (Å²) >= 11 is 0. The van der Waals surface area contributed by atoms with Crippen molar-refractivity contribution in [2.24, 2.45) is 0 Å². The first-order valence-corrected chi connectivity index (χ1v) is 12.7. The Hall–Kier alpha value is -4.31. The first-order chi connectivity index (χ1) is 16.7. The third kappa shape index (κ3) is 5.79. The van der Waals surface area contributed by atoms with Gasteiger partial charge in [0.05, 0.1) is 17.7 Å². The van der Waals surface area contributed by atoms with Gasteiger partial charge in [0.15, 0.2) is 15.5 Å². The number of nitrogens with one attached hydrogen (secondary N) is 2. The molecule has 1 heterocycles. The van der Waals surface area contributed by atoms with Crippen LogP contribution in [0.15, 0.2) is 83.7 Å². The van der Waals surface area contributed by atoms with E-state index in [-0.39, 0.29) is 29.1 Å². The van der Waals surface area contributed by atoms with Crippen molar-refractivity contribution in [1.29, 1.82) is 0 Å². The maximum absolute atomic E-state index is 13.0. The predicted octanol–water partition coefficient (Wildman–Crippen LogP) is 2.06. The van der Waals surface area contributed by atoms with E-state index in [1.165, 1.54) is 28.9 Å². The topological polar surface area (TPSA) is 127 Å². The van der Waals surface area contributed by atoms with Crippen LogP contribution in [0.25, 0.3) is 10.8 Å². The van der Waals surface area contributed by atoms with E-state index in [4.69, 9.17) is 0 Å². The van der Waals surface area contributed by atoms with Crippen molar-refractivity contribution < 1.29 is 18.0 Å². The van der Waals surface area contributed by atoms with Crippen LogP contribution >= 0.6 is 0 Å². The van der Waals surface area contributed by atoms with Crippen molar-refractivity contribution in [3.05, 3.63) is 112 Å². The van der Waals surface area contributed by atoms with Gasteiger partial charge < -0.3 is 0 Å². The lowest BCUT2D eigenvalue weighted by Gasteiger charge is -2.12. The van der Waals surface area contributed by atoms with Crippen LogP contribution in [0.4, 0.5) is 0 Å². The average molecular weight is 491 g/mol. The third-order valence-corrected chi connectivity index (χ3v) is 6.05. The average Bonchev–Trinajstić information content (AvgIpc) is 2.84. The second-order valence-corrected chi connectivity index (χ2v) is 10.2. The normalized spacial score (nSPS) is 11.2. The van der Waals surface area contributed by atoms with Crippen LogP contribution in [-0.2, 0) is 22.1 Å². The number of carbonyl (C=O) groups is 2. The molecule has 178 valence electrons. The Balaban J connectivity index is 1.55. The Morgan fingerprint density at radius 3 is 2.06 bits per heavy atom. The minimum absolute atomic E-state index is 0.0140. The zero-order valence-corrected chi connectivity index (χ0v) is 19.6. The second kappa shape index (κ2) is 9.90. The SMILES string of the molecule is CS(=O)(=O)Cc1ccc(C(=O)NNC(=O)c2nn(Cc3ccccc3)c(=O)c3ccccc23)cc1. The molecule has 35 heavy (non-hydrogen) atoms. The Kier molecular flexibility index (Phi) is 6.74. The molecule has 0 bridgehead atoms. The Morgan fingerprint density at radius 2 is 1.40 bits per heavy atom. The van der Waals surface area contributed by atoms with Crippen LogP contribution in [0.2, 0.25) is 0 Å². The summed E-state index contributed by atoms with van der Waals surface area (Å²) in [5, 5.41) is 4.97. The molecule has 0 aliphatic carbocycles. The van der Waals surface area contributed by atoms with Crippen molar-refractivity contribution in [3.63, 3.8) is 0 Å². The van der Waals surface area contributed by atoms with Crippen LogP contribution in [0, 0.1) is 0 Å². The molecule has 4 rings (SSSR count). The van der Waals surface area contributed by atoms with Gasteiger partial charge in [0.1, 0.15) is 0 Å². The monoisotopic (exact) mass is 490 g/mol. The number of benzene rings is 3. The quantitative estimate of drug-likeness (QED) is 0.399. The van der Waals surface area contributed by atoms with Gasteiger partial charge in [-0.3, -0.25) is 25.2 Å².